The van der Waals surface area contributed by atoms with Crippen molar-refractivity contribution >= 4 is 5.69 Å². The number of rotatable bonds is 6. The molecule has 0 aliphatic rings. The van der Waals surface area contributed by atoms with Crippen LogP contribution in [0.1, 0.15) is 38.2 Å². The fourth-order valence-electron chi connectivity index (χ4n) is 1.70. The van der Waals surface area contributed by atoms with Crippen LogP contribution in [-0.2, 0) is 11.3 Å². The summed E-state index contributed by atoms with van der Waals surface area (Å²) >= 11 is 0. The fourth-order valence-corrected chi connectivity index (χ4v) is 1.70. The molecule has 0 saturated heterocycles. The second-order valence-corrected chi connectivity index (χ2v) is 4.80. The molecule has 1 rings (SSSR count). The van der Waals surface area contributed by atoms with Gasteiger partial charge in [0.1, 0.15) is 5.82 Å². The number of aliphatic hydroxyl groups is 1. The number of anilines is 1. The summed E-state index contributed by atoms with van der Waals surface area (Å²) in [5.41, 5.74) is 1.52. The van der Waals surface area contributed by atoms with Gasteiger partial charge in [0.25, 0.3) is 0 Å². The molecule has 18 heavy (non-hydrogen) atoms. The Balaban J connectivity index is 2.94. The number of methoxy groups -OCH3 is 1. The molecule has 0 bridgehead atoms. The Bertz CT molecular complexity index is 382. The van der Waals surface area contributed by atoms with Gasteiger partial charge in [0.2, 0.25) is 0 Å². The molecule has 1 atom stereocenters. The summed E-state index contributed by atoms with van der Waals surface area (Å²) in [6.45, 7) is 6.72. The predicted molar refractivity (Wildman–Crippen MR) is 71.8 cm³/mol. The normalized spacial score (nSPS) is 12.8. The van der Waals surface area contributed by atoms with Crippen molar-refractivity contribution in [2.45, 2.75) is 39.4 Å². The van der Waals surface area contributed by atoms with Crippen LogP contribution in [0.25, 0.3) is 0 Å². The van der Waals surface area contributed by atoms with Crippen molar-refractivity contribution < 1.29 is 9.84 Å². The zero-order chi connectivity index (χ0) is 13.7. The quantitative estimate of drug-likeness (QED) is 0.834. The first-order chi connectivity index (χ1) is 8.49. The van der Waals surface area contributed by atoms with Crippen LogP contribution in [0.2, 0.25) is 0 Å². The SMILES string of the molecule is COC(C)CN(C)c1cnc(C(C)C)nc1CO. The maximum absolute atomic E-state index is 9.42. The molecule has 1 heterocycles. The highest BCUT2D eigenvalue weighted by molar-refractivity contribution is 5.48. The molecular weight excluding hydrogens is 230 g/mol. The van der Waals surface area contributed by atoms with Gasteiger partial charge in [-0.05, 0) is 6.92 Å². The summed E-state index contributed by atoms with van der Waals surface area (Å²) in [6.07, 6.45) is 1.89. The molecular formula is C13H23N3O2. The first kappa shape index (κ1) is 14.9. The van der Waals surface area contributed by atoms with Gasteiger partial charge in [0, 0.05) is 26.6 Å². The summed E-state index contributed by atoms with van der Waals surface area (Å²) in [5, 5.41) is 9.42. The highest BCUT2D eigenvalue weighted by atomic mass is 16.5. The molecule has 0 radical (unpaired) electrons. The lowest BCUT2D eigenvalue weighted by Gasteiger charge is -2.24. The third-order valence-electron chi connectivity index (χ3n) is 2.88. The van der Waals surface area contributed by atoms with Gasteiger partial charge in [-0.2, -0.15) is 0 Å². The summed E-state index contributed by atoms with van der Waals surface area (Å²) in [5.74, 6) is 1.02. The topological polar surface area (TPSA) is 58.5 Å². The van der Waals surface area contributed by atoms with E-state index in [9.17, 15) is 5.11 Å². The van der Waals surface area contributed by atoms with Crippen molar-refractivity contribution in [2.75, 3.05) is 25.6 Å². The summed E-state index contributed by atoms with van der Waals surface area (Å²) in [7, 11) is 3.63. The van der Waals surface area contributed by atoms with Gasteiger partial charge in [0.05, 0.1) is 30.3 Å². The molecule has 5 heteroatoms. The molecule has 1 unspecified atom stereocenters. The monoisotopic (exact) mass is 253 g/mol. The fraction of sp³-hybridized carbons (Fsp3) is 0.692. The highest BCUT2D eigenvalue weighted by Gasteiger charge is 2.14. The molecule has 0 amide bonds. The Morgan fingerprint density at radius 1 is 1.39 bits per heavy atom. The third-order valence-corrected chi connectivity index (χ3v) is 2.88. The third kappa shape index (κ3) is 3.65. The van der Waals surface area contributed by atoms with E-state index in [1.54, 1.807) is 13.3 Å². The van der Waals surface area contributed by atoms with Crippen LogP contribution in [0.15, 0.2) is 6.20 Å². The minimum absolute atomic E-state index is 0.0801. The second-order valence-electron chi connectivity index (χ2n) is 4.80. The number of hydrogen-bond donors (Lipinski definition) is 1. The number of likely N-dealkylation sites (N-methyl/N-ethyl adjacent to an activating group) is 1. The first-order valence-corrected chi connectivity index (χ1v) is 6.20. The van der Waals surface area contributed by atoms with Crippen LogP contribution in [0.5, 0.6) is 0 Å². The molecule has 1 aromatic rings. The van der Waals surface area contributed by atoms with Crippen LogP contribution >= 0.6 is 0 Å². The number of nitrogens with zero attached hydrogens (tertiary/aromatic N) is 3. The van der Waals surface area contributed by atoms with Gasteiger partial charge < -0.3 is 14.7 Å². The van der Waals surface area contributed by atoms with E-state index in [0.29, 0.717) is 5.69 Å². The van der Waals surface area contributed by atoms with Crippen LogP contribution in [0, 0.1) is 0 Å². The first-order valence-electron chi connectivity index (χ1n) is 6.20. The van der Waals surface area contributed by atoms with Gasteiger partial charge in [-0.25, -0.2) is 9.97 Å². The van der Waals surface area contributed by atoms with Crippen molar-refractivity contribution in [1.82, 2.24) is 9.97 Å². The van der Waals surface area contributed by atoms with Gasteiger partial charge in [-0.3, -0.25) is 0 Å². The molecule has 102 valence electrons. The van der Waals surface area contributed by atoms with Crippen LogP contribution in [0.3, 0.4) is 0 Å². The van der Waals surface area contributed by atoms with Crippen LogP contribution in [-0.4, -0.2) is 41.9 Å². The molecule has 5 nitrogen and oxygen atoms in total. The zero-order valence-corrected chi connectivity index (χ0v) is 11.8. The van der Waals surface area contributed by atoms with Crippen molar-refractivity contribution in [3.63, 3.8) is 0 Å². The smallest absolute Gasteiger partial charge is 0.131 e. The molecule has 0 spiro atoms. The van der Waals surface area contributed by atoms with E-state index in [1.807, 2.05) is 32.7 Å². The summed E-state index contributed by atoms with van der Waals surface area (Å²) < 4.78 is 5.23. The van der Waals surface area contributed by atoms with Gasteiger partial charge in [-0.15, -0.1) is 0 Å². The largest absolute Gasteiger partial charge is 0.390 e. The van der Waals surface area contributed by atoms with E-state index in [4.69, 9.17) is 4.74 Å². The minimum atomic E-state index is -0.0801. The van der Waals surface area contributed by atoms with Gasteiger partial charge in [-0.1, -0.05) is 13.8 Å². The average Bonchev–Trinajstić information content (AvgIpc) is 2.37. The molecule has 0 aromatic carbocycles. The number of aromatic nitrogens is 2. The van der Waals surface area contributed by atoms with E-state index >= 15 is 0 Å². The maximum atomic E-state index is 9.42. The molecule has 0 aliphatic heterocycles. The second kappa shape index (κ2) is 6.66. The molecule has 0 fully saturated rings. The van der Waals surface area contributed by atoms with E-state index in [0.717, 1.165) is 18.1 Å². The van der Waals surface area contributed by atoms with Crippen molar-refractivity contribution in [1.29, 1.82) is 0 Å². The van der Waals surface area contributed by atoms with Gasteiger partial charge >= 0.3 is 0 Å². The van der Waals surface area contributed by atoms with Crippen molar-refractivity contribution in [2.24, 2.45) is 0 Å². The van der Waals surface area contributed by atoms with E-state index in [2.05, 4.69) is 9.97 Å². The van der Waals surface area contributed by atoms with Gasteiger partial charge in [0.15, 0.2) is 0 Å². The molecule has 0 saturated carbocycles. The zero-order valence-electron chi connectivity index (χ0n) is 11.8. The Hall–Kier alpha value is -1.20. The van der Waals surface area contributed by atoms with Crippen molar-refractivity contribution in [3.05, 3.63) is 17.7 Å². The Labute approximate surface area is 109 Å². The lowest BCUT2D eigenvalue weighted by atomic mass is 10.2. The van der Waals surface area contributed by atoms with E-state index < -0.39 is 0 Å². The molecule has 1 aromatic heterocycles. The number of ether oxygens (including phenoxy) is 1. The lowest BCUT2D eigenvalue weighted by Crippen LogP contribution is -2.29. The predicted octanol–water partition coefficient (Wildman–Crippen LogP) is 1.56. The van der Waals surface area contributed by atoms with Crippen molar-refractivity contribution in [3.8, 4) is 0 Å². The minimum Gasteiger partial charge on any atom is -0.390 e. The number of aliphatic hydroxyl groups excluding tert-OH is 1. The Morgan fingerprint density at radius 3 is 2.56 bits per heavy atom. The molecule has 1 N–H and O–H groups in total. The average molecular weight is 253 g/mol. The van der Waals surface area contributed by atoms with Crippen LogP contribution in [0.4, 0.5) is 5.69 Å². The summed E-state index contributed by atoms with van der Waals surface area (Å²) in [6, 6.07) is 0. The standard InChI is InChI=1S/C13H23N3O2/c1-9(2)13-14-6-12(11(8-17)15-13)16(4)7-10(3)18-5/h6,9-10,17H,7-8H2,1-5H3. The maximum Gasteiger partial charge on any atom is 0.131 e. The Kier molecular flexibility index (Phi) is 5.50. The number of hydrogen-bond acceptors (Lipinski definition) is 5. The Morgan fingerprint density at radius 2 is 2.06 bits per heavy atom. The lowest BCUT2D eigenvalue weighted by molar-refractivity contribution is 0.124. The highest BCUT2D eigenvalue weighted by Crippen LogP contribution is 2.19. The van der Waals surface area contributed by atoms with Crippen LogP contribution < -0.4 is 4.90 Å². The summed E-state index contributed by atoms with van der Waals surface area (Å²) in [4.78, 5) is 10.7. The van der Waals surface area contributed by atoms with E-state index in [1.165, 1.54) is 0 Å². The van der Waals surface area contributed by atoms with E-state index in [-0.39, 0.29) is 18.6 Å². The molecule has 0 aliphatic carbocycles.